The molecular weight excluding hydrogens is 512 g/mol. The lowest BCUT2D eigenvalue weighted by atomic mass is 9.88. The number of benzene rings is 3. The molecule has 0 fully saturated rings. The van der Waals surface area contributed by atoms with Crippen LogP contribution in [0.15, 0.2) is 112 Å². The van der Waals surface area contributed by atoms with Crippen molar-refractivity contribution in [2.45, 2.75) is 18.9 Å². The lowest BCUT2D eigenvalue weighted by molar-refractivity contribution is 0.605. The van der Waals surface area contributed by atoms with Gasteiger partial charge in [-0.3, -0.25) is 19.1 Å². The molecule has 0 radical (unpaired) electrons. The van der Waals surface area contributed by atoms with E-state index in [0.29, 0.717) is 11.5 Å². The second kappa shape index (κ2) is 9.20. The summed E-state index contributed by atoms with van der Waals surface area (Å²) in [6.07, 6.45) is 1.62. The molecule has 0 spiro atoms. The van der Waals surface area contributed by atoms with Gasteiger partial charge in [-0.2, -0.15) is 5.11 Å². The summed E-state index contributed by atoms with van der Waals surface area (Å²) in [5.41, 5.74) is 6.22. The zero-order valence-corrected chi connectivity index (χ0v) is 21.8. The summed E-state index contributed by atoms with van der Waals surface area (Å²) in [7, 11) is 0. The topological polar surface area (TPSA) is 79.5 Å². The van der Waals surface area contributed by atoms with E-state index in [0.717, 1.165) is 44.2 Å². The molecule has 0 saturated heterocycles. The quantitative estimate of drug-likeness (QED) is 0.185. The van der Waals surface area contributed by atoms with Crippen LogP contribution in [0.3, 0.4) is 0 Å². The van der Waals surface area contributed by atoms with Crippen molar-refractivity contribution in [3.8, 4) is 5.69 Å². The van der Waals surface area contributed by atoms with Gasteiger partial charge >= 0.3 is 0 Å². The third kappa shape index (κ3) is 3.70. The SMILES string of the molecule is O=c1[nH]n2c(c1N=Nc1ccccc1)NC1=C(c3sc(=S)n(-c4ccccc4)c3CC1)C2c1ccccc1. The maximum Gasteiger partial charge on any atom is 0.294 e. The van der Waals surface area contributed by atoms with Gasteiger partial charge in [-0.15, -0.1) is 16.5 Å². The summed E-state index contributed by atoms with van der Waals surface area (Å²) in [5, 5.41) is 15.3. The summed E-state index contributed by atoms with van der Waals surface area (Å²) in [6.45, 7) is 0. The van der Waals surface area contributed by atoms with Gasteiger partial charge in [-0.05, 0) is 54.9 Å². The average molecular weight is 535 g/mol. The van der Waals surface area contributed by atoms with Crippen LogP contribution >= 0.6 is 23.6 Å². The van der Waals surface area contributed by atoms with Crippen molar-refractivity contribution in [3.05, 3.63) is 127 Å². The molecular formula is C29H22N6OS2. The predicted molar refractivity (Wildman–Crippen MR) is 154 cm³/mol. The Labute approximate surface area is 227 Å². The highest BCUT2D eigenvalue weighted by atomic mass is 32.1. The minimum atomic E-state index is -0.289. The van der Waals surface area contributed by atoms with Gasteiger partial charge in [0.2, 0.25) is 0 Å². The maximum atomic E-state index is 13.2. The lowest BCUT2D eigenvalue weighted by Crippen LogP contribution is -2.27. The van der Waals surface area contributed by atoms with E-state index in [1.807, 2.05) is 71.4 Å². The largest absolute Gasteiger partial charge is 0.342 e. The third-order valence-corrected chi connectivity index (χ3v) is 8.39. The predicted octanol–water partition coefficient (Wildman–Crippen LogP) is 7.55. The van der Waals surface area contributed by atoms with Gasteiger partial charge in [0.1, 0.15) is 6.04 Å². The molecule has 2 aromatic heterocycles. The van der Waals surface area contributed by atoms with Crippen molar-refractivity contribution in [2.24, 2.45) is 10.2 Å². The number of H-pyrrole nitrogens is 1. The van der Waals surface area contributed by atoms with Gasteiger partial charge in [0.15, 0.2) is 15.5 Å². The summed E-state index contributed by atoms with van der Waals surface area (Å²) in [4.78, 5) is 14.3. The summed E-state index contributed by atoms with van der Waals surface area (Å²) >= 11 is 7.50. The first-order valence-corrected chi connectivity index (χ1v) is 13.6. The Bertz CT molecular complexity index is 1830. The Hall–Kier alpha value is -4.34. The number of azo groups is 1. The first kappa shape index (κ1) is 22.8. The van der Waals surface area contributed by atoms with E-state index in [9.17, 15) is 4.79 Å². The molecule has 1 aliphatic heterocycles. The van der Waals surface area contributed by atoms with E-state index >= 15 is 0 Å². The molecule has 2 aliphatic rings. The first-order valence-electron chi connectivity index (χ1n) is 12.4. The van der Waals surface area contributed by atoms with Crippen molar-refractivity contribution in [2.75, 3.05) is 5.32 Å². The molecule has 5 aromatic rings. The van der Waals surface area contributed by atoms with Gasteiger partial charge in [-0.1, -0.05) is 66.7 Å². The zero-order valence-electron chi connectivity index (χ0n) is 20.2. The van der Waals surface area contributed by atoms with Crippen LogP contribution in [0.5, 0.6) is 0 Å². The van der Waals surface area contributed by atoms with Gasteiger partial charge < -0.3 is 5.32 Å². The second-order valence-electron chi connectivity index (χ2n) is 9.19. The summed E-state index contributed by atoms with van der Waals surface area (Å²) in [6, 6.07) is 29.7. The highest BCUT2D eigenvalue weighted by molar-refractivity contribution is 7.73. The Morgan fingerprint density at radius 1 is 0.868 bits per heavy atom. The van der Waals surface area contributed by atoms with Crippen molar-refractivity contribution < 1.29 is 0 Å². The number of para-hydroxylation sites is 1. The molecule has 0 saturated carbocycles. The molecule has 1 atom stereocenters. The lowest BCUT2D eigenvalue weighted by Gasteiger charge is -2.34. The number of hydrogen-bond donors (Lipinski definition) is 2. The van der Waals surface area contributed by atoms with Crippen LogP contribution < -0.4 is 10.9 Å². The van der Waals surface area contributed by atoms with Crippen molar-refractivity contribution in [1.29, 1.82) is 0 Å². The van der Waals surface area contributed by atoms with Crippen LogP contribution in [0, 0.1) is 3.95 Å². The van der Waals surface area contributed by atoms with E-state index in [1.165, 1.54) is 5.69 Å². The standard InChI is InChI=1S/C29H22N6OS2/c36-28-24(32-31-19-12-6-2-7-13-19)27-30-21-16-17-22-26(38-29(37)34(22)20-14-8-3-9-15-20)23(21)25(35(27)33-28)18-10-4-1-5-11-18/h1-15,25,30H,16-17H2,(H,33,36). The Morgan fingerprint density at radius 3 is 2.29 bits per heavy atom. The van der Waals surface area contributed by atoms with Crippen LogP contribution in [0.2, 0.25) is 0 Å². The average Bonchev–Trinajstić information content (AvgIpc) is 3.46. The van der Waals surface area contributed by atoms with Crippen molar-refractivity contribution in [3.63, 3.8) is 0 Å². The van der Waals surface area contributed by atoms with E-state index in [-0.39, 0.29) is 17.3 Å². The van der Waals surface area contributed by atoms with Gasteiger partial charge in [0.25, 0.3) is 5.56 Å². The van der Waals surface area contributed by atoms with Gasteiger partial charge in [0, 0.05) is 22.7 Å². The fourth-order valence-corrected chi connectivity index (χ4v) is 6.89. The molecule has 0 bridgehead atoms. The van der Waals surface area contributed by atoms with Crippen molar-refractivity contribution >= 4 is 46.3 Å². The maximum absolute atomic E-state index is 13.2. The number of aromatic amines is 1. The zero-order chi connectivity index (χ0) is 25.6. The minimum absolute atomic E-state index is 0.243. The fraction of sp³-hybridized carbons (Fsp3) is 0.103. The van der Waals surface area contributed by atoms with Gasteiger partial charge in [-0.25, -0.2) is 0 Å². The smallest absolute Gasteiger partial charge is 0.294 e. The molecule has 186 valence electrons. The van der Waals surface area contributed by atoms with E-state index in [2.05, 4.69) is 49.5 Å². The van der Waals surface area contributed by atoms with Crippen LogP contribution in [-0.4, -0.2) is 14.3 Å². The normalized spacial score (nSPS) is 16.2. The molecule has 38 heavy (non-hydrogen) atoms. The van der Waals surface area contributed by atoms with Crippen LogP contribution in [0.4, 0.5) is 17.2 Å². The molecule has 1 aliphatic carbocycles. The number of aromatic nitrogens is 3. The van der Waals surface area contributed by atoms with Crippen molar-refractivity contribution in [1.82, 2.24) is 14.3 Å². The Kier molecular flexibility index (Phi) is 5.52. The summed E-state index contributed by atoms with van der Waals surface area (Å²) in [5.74, 6) is 0.622. The molecule has 9 heteroatoms. The number of thiazole rings is 1. The molecule has 3 heterocycles. The van der Waals surface area contributed by atoms with Crippen LogP contribution in [-0.2, 0) is 6.42 Å². The second-order valence-corrected chi connectivity index (χ2v) is 10.8. The molecule has 2 N–H and O–H groups in total. The van der Waals surface area contributed by atoms with Crippen LogP contribution in [0.25, 0.3) is 11.3 Å². The molecule has 0 amide bonds. The molecule has 3 aromatic carbocycles. The summed E-state index contributed by atoms with van der Waals surface area (Å²) < 4.78 is 4.89. The van der Waals surface area contributed by atoms with Gasteiger partial charge in [0.05, 0.1) is 10.6 Å². The highest BCUT2D eigenvalue weighted by Gasteiger charge is 2.38. The molecule has 1 unspecified atom stereocenters. The number of rotatable bonds is 4. The van der Waals surface area contributed by atoms with Crippen LogP contribution in [0.1, 0.15) is 28.6 Å². The Morgan fingerprint density at radius 2 is 1.55 bits per heavy atom. The molecule has 7 nitrogen and oxygen atoms in total. The minimum Gasteiger partial charge on any atom is -0.342 e. The number of fused-ring (bicyclic) bond motifs is 3. The highest BCUT2D eigenvalue weighted by Crippen LogP contribution is 2.49. The number of hydrogen-bond acceptors (Lipinski definition) is 6. The number of allylic oxidation sites excluding steroid dienone is 2. The van der Waals surface area contributed by atoms with E-state index < -0.39 is 0 Å². The monoisotopic (exact) mass is 534 g/mol. The van der Waals surface area contributed by atoms with E-state index in [1.54, 1.807) is 11.3 Å². The number of nitrogens with one attached hydrogen (secondary N) is 2. The molecule has 7 rings (SSSR count). The third-order valence-electron chi connectivity index (χ3n) is 6.94. The Balaban J connectivity index is 1.41. The number of anilines is 1. The fourth-order valence-electron chi connectivity index (χ4n) is 5.28. The number of nitrogens with zero attached hydrogens (tertiary/aromatic N) is 4. The first-order chi connectivity index (χ1) is 18.7. The van der Waals surface area contributed by atoms with E-state index in [4.69, 9.17) is 12.2 Å².